The first kappa shape index (κ1) is 14.8. The molecule has 1 fully saturated rings. The summed E-state index contributed by atoms with van der Waals surface area (Å²) in [6.45, 7) is 8.70. The van der Waals surface area contributed by atoms with E-state index in [0.29, 0.717) is 17.0 Å². The fourth-order valence-corrected chi connectivity index (χ4v) is 2.89. The van der Waals surface area contributed by atoms with Gasteiger partial charge in [-0.15, -0.1) is 10.2 Å². The molecule has 7 heteroatoms. The predicted octanol–water partition coefficient (Wildman–Crippen LogP) is 0.977. The zero-order valence-electron chi connectivity index (χ0n) is 11.5. The van der Waals surface area contributed by atoms with E-state index in [1.165, 1.54) is 11.8 Å². The Kier molecular flexibility index (Phi) is 5.62. The highest BCUT2D eigenvalue weighted by molar-refractivity contribution is 7.99. The Morgan fingerprint density at radius 1 is 1.47 bits per heavy atom. The number of nitrogens with zero attached hydrogens (tertiary/aromatic N) is 3. The smallest absolute Gasteiger partial charge is 0.276 e. The van der Waals surface area contributed by atoms with E-state index < -0.39 is 0 Å². The molecule has 0 aromatic carbocycles. The summed E-state index contributed by atoms with van der Waals surface area (Å²) in [7, 11) is 0. The number of hydrogen-bond acceptors (Lipinski definition) is 7. The van der Waals surface area contributed by atoms with Crippen molar-refractivity contribution in [3.8, 4) is 0 Å². The van der Waals surface area contributed by atoms with Crippen molar-refractivity contribution < 1.29 is 9.15 Å². The average molecular weight is 286 g/mol. The van der Waals surface area contributed by atoms with Gasteiger partial charge in [-0.25, -0.2) is 0 Å². The topological polar surface area (TPSA) is 77.4 Å². The van der Waals surface area contributed by atoms with Crippen LogP contribution in [-0.2, 0) is 11.3 Å². The first-order valence-electron chi connectivity index (χ1n) is 6.66. The lowest BCUT2D eigenvalue weighted by molar-refractivity contribution is -0.0192. The summed E-state index contributed by atoms with van der Waals surface area (Å²) in [6, 6.07) is 0. The van der Waals surface area contributed by atoms with Crippen molar-refractivity contribution in [3.05, 3.63) is 5.89 Å². The molecule has 19 heavy (non-hydrogen) atoms. The number of morpholine rings is 1. The molecule has 2 heterocycles. The molecular weight excluding hydrogens is 264 g/mol. The lowest BCUT2D eigenvalue weighted by Crippen LogP contribution is -2.44. The van der Waals surface area contributed by atoms with Crippen LogP contribution in [0.15, 0.2) is 9.64 Å². The van der Waals surface area contributed by atoms with E-state index in [1.54, 1.807) is 0 Å². The Hall–Kier alpha value is -0.630. The normalized spacial score (nSPS) is 21.2. The van der Waals surface area contributed by atoms with Crippen molar-refractivity contribution in [2.45, 2.75) is 31.7 Å². The molecule has 0 spiro atoms. The molecule has 1 unspecified atom stereocenters. The molecule has 1 atom stereocenters. The zero-order chi connectivity index (χ0) is 13.7. The Morgan fingerprint density at radius 2 is 2.32 bits per heavy atom. The van der Waals surface area contributed by atoms with Crippen molar-refractivity contribution in [2.24, 2.45) is 11.7 Å². The average Bonchev–Trinajstić information content (AvgIpc) is 2.84. The van der Waals surface area contributed by atoms with Crippen LogP contribution in [0.5, 0.6) is 0 Å². The summed E-state index contributed by atoms with van der Waals surface area (Å²) >= 11 is 1.54. The third-order valence-corrected chi connectivity index (χ3v) is 3.81. The lowest BCUT2D eigenvalue weighted by Gasteiger charge is -2.33. The SMILES string of the molecule is CC(C)CN1CCOC(CSc2nnc(CN)o2)C1. The summed E-state index contributed by atoms with van der Waals surface area (Å²) < 4.78 is 11.1. The van der Waals surface area contributed by atoms with Crippen LogP contribution in [0, 0.1) is 5.92 Å². The van der Waals surface area contributed by atoms with E-state index >= 15 is 0 Å². The van der Waals surface area contributed by atoms with Gasteiger partial charge in [0.1, 0.15) is 0 Å². The Morgan fingerprint density at radius 3 is 3.00 bits per heavy atom. The molecule has 1 aliphatic rings. The standard InChI is InChI=1S/C12H22N4O2S/c1-9(2)6-16-3-4-17-10(7-16)8-19-12-15-14-11(5-13)18-12/h9-10H,3-8,13H2,1-2H3. The maximum atomic E-state index is 5.77. The first-order chi connectivity index (χ1) is 9.17. The Labute approximate surface area is 118 Å². The van der Waals surface area contributed by atoms with Gasteiger partial charge in [0.25, 0.3) is 5.22 Å². The number of nitrogens with two attached hydrogens (primary N) is 1. The lowest BCUT2D eigenvalue weighted by atomic mass is 10.2. The van der Waals surface area contributed by atoms with Crippen LogP contribution in [0.1, 0.15) is 19.7 Å². The minimum atomic E-state index is 0.228. The van der Waals surface area contributed by atoms with Gasteiger partial charge < -0.3 is 14.9 Å². The van der Waals surface area contributed by atoms with E-state index in [9.17, 15) is 0 Å². The molecule has 0 saturated carbocycles. The van der Waals surface area contributed by atoms with Gasteiger partial charge >= 0.3 is 0 Å². The van der Waals surface area contributed by atoms with E-state index in [1.807, 2.05) is 0 Å². The maximum Gasteiger partial charge on any atom is 0.276 e. The van der Waals surface area contributed by atoms with Gasteiger partial charge in [0.2, 0.25) is 5.89 Å². The number of aromatic nitrogens is 2. The van der Waals surface area contributed by atoms with E-state index in [4.69, 9.17) is 14.9 Å². The molecule has 2 N–H and O–H groups in total. The number of rotatable bonds is 6. The second kappa shape index (κ2) is 7.23. The molecule has 1 aliphatic heterocycles. The first-order valence-corrected chi connectivity index (χ1v) is 7.65. The summed E-state index contributed by atoms with van der Waals surface area (Å²) in [5, 5.41) is 8.35. The highest BCUT2D eigenvalue weighted by Gasteiger charge is 2.21. The molecular formula is C12H22N4O2S. The summed E-state index contributed by atoms with van der Waals surface area (Å²) in [4.78, 5) is 2.46. The second-order valence-corrected chi connectivity index (χ2v) is 6.09. The van der Waals surface area contributed by atoms with Gasteiger partial charge in [-0.05, 0) is 5.92 Å². The van der Waals surface area contributed by atoms with Crippen LogP contribution in [0.2, 0.25) is 0 Å². The third kappa shape index (κ3) is 4.76. The molecule has 1 aromatic heterocycles. The van der Waals surface area contributed by atoms with Gasteiger partial charge in [-0.3, -0.25) is 4.90 Å². The molecule has 0 aliphatic carbocycles. The minimum Gasteiger partial charge on any atom is -0.415 e. The summed E-state index contributed by atoms with van der Waals surface area (Å²) in [5.74, 6) is 2.00. The number of hydrogen-bond donors (Lipinski definition) is 1. The molecule has 1 aromatic rings. The fraction of sp³-hybridized carbons (Fsp3) is 0.833. The van der Waals surface area contributed by atoms with Gasteiger partial charge in [-0.1, -0.05) is 25.6 Å². The van der Waals surface area contributed by atoms with Crippen molar-refractivity contribution in [2.75, 3.05) is 32.0 Å². The van der Waals surface area contributed by atoms with E-state index in [-0.39, 0.29) is 12.6 Å². The molecule has 0 amide bonds. The van der Waals surface area contributed by atoms with Crippen LogP contribution in [0.25, 0.3) is 0 Å². The maximum absolute atomic E-state index is 5.77. The van der Waals surface area contributed by atoms with Gasteiger partial charge in [0.15, 0.2) is 0 Å². The Bertz CT molecular complexity index is 386. The highest BCUT2D eigenvalue weighted by atomic mass is 32.2. The molecule has 0 radical (unpaired) electrons. The Balaban J connectivity index is 1.75. The zero-order valence-corrected chi connectivity index (χ0v) is 12.4. The van der Waals surface area contributed by atoms with Crippen molar-refractivity contribution >= 4 is 11.8 Å². The second-order valence-electron chi connectivity index (χ2n) is 5.12. The fourth-order valence-electron chi connectivity index (χ4n) is 2.11. The summed E-state index contributed by atoms with van der Waals surface area (Å²) in [6.07, 6.45) is 0.228. The molecule has 6 nitrogen and oxygen atoms in total. The van der Waals surface area contributed by atoms with Crippen LogP contribution < -0.4 is 5.73 Å². The van der Waals surface area contributed by atoms with Crippen molar-refractivity contribution in [1.82, 2.24) is 15.1 Å². The largest absolute Gasteiger partial charge is 0.415 e. The van der Waals surface area contributed by atoms with Crippen molar-refractivity contribution in [3.63, 3.8) is 0 Å². The summed E-state index contributed by atoms with van der Waals surface area (Å²) in [5.41, 5.74) is 5.43. The van der Waals surface area contributed by atoms with Gasteiger partial charge in [-0.2, -0.15) is 0 Å². The third-order valence-electron chi connectivity index (χ3n) is 2.86. The minimum absolute atomic E-state index is 0.228. The molecule has 108 valence electrons. The van der Waals surface area contributed by atoms with Gasteiger partial charge in [0.05, 0.1) is 19.3 Å². The molecule has 2 rings (SSSR count). The van der Waals surface area contributed by atoms with Crippen LogP contribution >= 0.6 is 11.8 Å². The van der Waals surface area contributed by atoms with Crippen LogP contribution in [0.3, 0.4) is 0 Å². The van der Waals surface area contributed by atoms with Crippen LogP contribution in [-0.4, -0.2) is 53.2 Å². The van der Waals surface area contributed by atoms with E-state index in [2.05, 4.69) is 28.9 Å². The molecule has 1 saturated heterocycles. The van der Waals surface area contributed by atoms with Gasteiger partial charge in [0, 0.05) is 25.4 Å². The van der Waals surface area contributed by atoms with Crippen molar-refractivity contribution in [1.29, 1.82) is 0 Å². The predicted molar refractivity (Wildman–Crippen MR) is 73.9 cm³/mol. The highest BCUT2D eigenvalue weighted by Crippen LogP contribution is 2.20. The number of ether oxygens (including phenoxy) is 1. The molecule has 0 bridgehead atoms. The monoisotopic (exact) mass is 286 g/mol. The number of thioether (sulfide) groups is 1. The van der Waals surface area contributed by atoms with E-state index in [0.717, 1.165) is 32.0 Å². The van der Waals surface area contributed by atoms with Crippen LogP contribution in [0.4, 0.5) is 0 Å². The quantitative estimate of drug-likeness (QED) is 0.781.